The van der Waals surface area contributed by atoms with Crippen molar-refractivity contribution in [3.8, 4) is 11.5 Å². The van der Waals surface area contributed by atoms with E-state index in [-0.39, 0.29) is 18.1 Å². The van der Waals surface area contributed by atoms with E-state index in [4.69, 9.17) is 21.1 Å². The van der Waals surface area contributed by atoms with Gasteiger partial charge < -0.3 is 14.8 Å². The number of hydrogen-bond acceptors (Lipinski definition) is 4. The highest BCUT2D eigenvalue weighted by Gasteiger charge is 2.17. The van der Waals surface area contributed by atoms with E-state index >= 15 is 0 Å². The van der Waals surface area contributed by atoms with Gasteiger partial charge in [-0.3, -0.25) is 9.59 Å². The molecule has 0 unspecified atom stereocenters. The van der Waals surface area contributed by atoms with Crippen LogP contribution in [0.25, 0.3) is 0 Å². The number of amides is 1. The van der Waals surface area contributed by atoms with Crippen molar-refractivity contribution < 1.29 is 19.1 Å². The molecule has 0 aromatic heterocycles. The van der Waals surface area contributed by atoms with Gasteiger partial charge in [-0.05, 0) is 48.9 Å². The Balaban J connectivity index is 1.68. The molecule has 0 fully saturated rings. The summed E-state index contributed by atoms with van der Waals surface area (Å²) in [5.74, 6) is 0.881. The third-order valence-electron chi connectivity index (χ3n) is 3.60. The zero-order valence-electron chi connectivity index (χ0n) is 13.1. The standard InChI is InChI=1S/C18H16ClNO4/c1-11(21)13-2-4-14(5-3-13)20-17(22)10-12-8-15(19)18-16(9-12)23-6-7-24-18/h2-5,8-9H,6-7,10H2,1H3,(H,20,22). The largest absolute Gasteiger partial charge is 0.486 e. The summed E-state index contributed by atoms with van der Waals surface area (Å²) in [4.78, 5) is 23.4. The van der Waals surface area contributed by atoms with Crippen molar-refractivity contribution in [1.29, 1.82) is 0 Å². The first-order valence-corrected chi connectivity index (χ1v) is 7.89. The van der Waals surface area contributed by atoms with Crippen LogP contribution in [0.5, 0.6) is 11.5 Å². The first-order valence-electron chi connectivity index (χ1n) is 7.52. The number of Topliss-reactive ketones (excluding diaryl/α,β-unsaturated/α-hetero) is 1. The summed E-state index contributed by atoms with van der Waals surface area (Å²) in [6.07, 6.45) is 0.158. The van der Waals surface area contributed by atoms with Gasteiger partial charge in [0, 0.05) is 11.3 Å². The number of fused-ring (bicyclic) bond motifs is 1. The normalized spacial score (nSPS) is 12.6. The van der Waals surface area contributed by atoms with Gasteiger partial charge in [0.2, 0.25) is 5.91 Å². The molecule has 0 radical (unpaired) electrons. The fourth-order valence-electron chi connectivity index (χ4n) is 2.45. The molecule has 0 atom stereocenters. The third-order valence-corrected chi connectivity index (χ3v) is 3.88. The number of hydrogen-bond donors (Lipinski definition) is 1. The van der Waals surface area contributed by atoms with E-state index < -0.39 is 0 Å². The highest BCUT2D eigenvalue weighted by molar-refractivity contribution is 6.32. The molecule has 24 heavy (non-hydrogen) atoms. The van der Waals surface area contributed by atoms with E-state index in [1.165, 1.54) is 6.92 Å². The van der Waals surface area contributed by atoms with Crippen LogP contribution in [0, 0.1) is 0 Å². The molecule has 2 aromatic rings. The maximum atomic E-state index is 12.2. The van der Waals surface area contributed by atoms with E-state index in [9.17, 15) is 9.59 Å². The number of ether oxygens (including phenoxy) is 2. The lowest BCUT2D eigenvalue weighted by molar-refractivity contribution is -0.115. The second kappa shape index (κ2) is 6.93. The number of ketones is 1. The summed E-state index contributed by atoms with van der Waals surface area (Å²) in [6, 6.07) is 10.2. The average Bonchev–Trinajstić information content (AvgIpc) is 2.55. The summed E-state index contributed by atoms with van der Waals surface area (Å²) in [6.45, 7) is 2.42. The van der Waals surface area contributed by atoms with Gasteiger partial charge in [-0.2, -0.15) is 0 Å². The molecule has 0 saturated heterocycles. The maximum absolute atomic E-state index is 12.2. The molecule has 0 saturated carbocycles. The van der Waals surface area contributed by atoms with Crippen LogP contribution in [0.15, 0.2) is 36.4 Å². The summed E-state index contributed by atoms with van der Waals surface area (Å²) < 4.78 is 11.0. The number of carbonyl (C=O) groups excluding carboxylic acids is 2. The van der Waals surface area contributed by atoms with Crippen LogP contribution in [0.2, 0.25) is 5.02 Å². The Kier molecular flexibility index (Phi) is 4.71. The molecule has 1 N–H and O–H groups in total. The first kappa shape index (κ1) is 16.3. The number of nitrogens with one attached hydrogen (secondary N) is 1. The van der Waals surface area contributed by atoms with Crippen LogP contribution >= 0.6 is 11.6 Å². The van der Waals surface area contributed by atoms with Crippen molar-refractivity contribution >= 4 is 29.0 Å². The lowest BCUT2D eigenvalue weighted by atomic mass is 10.1. The number of rotatable bonds is 4. The molecule has 1 aliphatic heterocycles. The van der Waals surface area contributed by atoms with Crippen molar-refractivity contribution in [3.63, 3.8) is 0 Å². The Morgan fingerprint density at radius 3 is 2.54 bits per heavy atom. The molecule has 5 nitrogen and oxygen atoms in total. The molecule has 1 amide bonds. The van der Waals surface area contributed by atoms with Crippen LogP contribution in [-0.2, 0) is 11.2 Å². The van der Waals surface area contributed by atoms with Gasteiger partial charge in [-0.15, -0.1) is 0 Å². The molecule has 124 valence electrons. The zero-order valence-corrected chi connectivity index (χ0v) is 13.9. The van der Waals surface area contributed by atoms with E-state index in [0.717, 1.165) is 5.56 Å². The Labute approximate surface area is 144 Å². The van der Waals surface area contributed by atoms with E-state index in [0.29, 0.717) is 41.0 Å². The maximum Gasteiger partial charge on any atom is 0.228 e. The predicted molar refractivity (Wildman–Crippen MR) is 91.2 cm³/mol. The van der Waals surface area contributed by atoms with Gasteiger partial charge in [0.25, 0.3) is 0 Å². The molecule has 6 heteroatoms. The van der Waals surface area contributed by atoms with Crippen LogP contribution < -0.4 is 14.8 Å². The second-order valence-electron chi connectivity index (χ2n) is 5.46. The topological polar surface area (TPSA) is 64.6 Å². The van der Waals surface area contributed by atoms with Gasteiger partial charge in [-0.1, -0.05) is 11.6 Å². The van der Waals surface area contributed by atoms with Gasteiger partial charge in [0.1, 0.15) is 13.2 Å². The Hall–Kier alpha value is -2.53. The van der Waals surface area contributed by atoms with Crippen LogP contribution in [0.1, 0.15) is 22.8 Å². The molecule has 3 rings (SSSR count). The van der Waals surface area contributed by atoms with Crippen molar-refractivity contribution in [2.45, 2.75) is 13.3 Å². The summed E-state index contributed by atoms with van der Waals surface area (Å²) in [5.41, 5.74) is 1.97. The Bertz CT molecular complexity index is 786. The minimum Gasteiger partial charge on any atom is -0.486 e. The third kappa shape index (κ3) is 3.68. The van der Waals surface area contributed by atoms with Crippen molar-refractivity contribution in [2.75, 3.05) is 18.5 Å². The Morgan fingerprint density at radius 1 is 1.12 bits per heavy atom. The van der Waals surface area contributed by atoms with E-state index in [2.05, 4.69) is 5.32 Å². The first-order chi connectivity index (χ1) is 11.5. The van der Waals surface area contributed by atoms with Crippen molar-refractivity contribution in [2.24, 2.45) is 0 Å². The van der Waals surface area contributed by atoms with Gasteiger partial charge in [-0.25, -0.2) is 0 Å². The molecule has 2 aromatic carbocycles. The van der Waals surface area contributed by atoms with E-state index in [1.807, 2.05) is 0 Å². The number of carbonyl (C=O) groups is 2. The van der Waals surface area contributed by atoms with Gasteiger partial charge in [0.15, 0.2) is 17.3 Å². The van der Waals surface area contributed by atoms with Crippen LogP contribution in [0.3, 0.4) is 0 Å². The fourth-order valence-corrected chi connectivity index (χ4v) is 2.73. The smallest absolute Gasteiger partial charge is 0.228 e. The minimum absolute atomic E-state index is 0.0150. The lowest BCUT2D eigenvalue weighted by Crippen LogP contribution is -2.17. The molecule has 0 aliphatic carbocycles. The predicted octanol–water partition coefficient (Wildman–Crippen LogP) is 3.50. The molecule has 0 bridgehead atoms. The van der Waals surface area contributed by atoms with Crippen LogP contribution in [-0.4, -0.2) is 24.9 Å². The summed E-state index contributed by atoms with van der Waals surface area (Å²) in [7, 11) is 0. The van der Waals surface area contributed by atoms with Crippen molar-refractivity contribution in [3.05, 3.63) is 52.5 Å². The van der Waals surface area contributed by atoms with Gasteiger partial charge >= 0.3 is 0 Å². The Morgan fingerprint density at radius 2 is 1.83 bits per heavy atom. The second-order valence-corrected chi connectivity index (χ2v) is 5.87. The zero-order chi connectivity index (χ0) is 17.1. The number of anilines is 1. The average molecular weight is 346 g/mol. The molecule has 0 spiro atoms. The summed E-state index contributed by atoms with van der Waals surface area (Å²) >= 11 is 6.17. The highest BCUT2D eigenvalue weighted by atomic mass is 35.5. The van der Waals surface area contributed by atoms with Crippen LogP contribution in [0.4, 0.5) is 5.69 Å². The molecular formula is C18H16ClNO4. The van der Waals surface area contributed by atoms with E-state index in [1.54, 1.807) is 36.4 Å². The SMILES string of the molecule is CC(=O)c1ccc(NC(=O)Cc2cc(Cl)c3c(c2)OCCO3)cc1. The van der Waals surface area contributed by atoms with Crippen molar-refractivity contribution in [1.82, 2.24) is 0 Å². The highest BCUT2D eigenvalue weighted by Crippen LogP contribution is 2.38. The minimum atomic E-state index is -0.182. The number of halogens is 1. The molecule has 1 heterocycles. The van der Waals surface area contributed by atoms with Gasteiger partial charge in [0.05, 0.1) is 11.4 Å². The quantitative estimate of drug-likeness (QED) is 0.861. The molecule has 1 aliphatic rings. The fraction of sp³-hybridized carbons (Fsp3) is 0.222. The summed E-state index contributed by atoms with van der Waals surface area (Å²) in [5, 5.41) is 3.22. The number of benzene rings is 2. The lowest BCUT2D eigenvalue weighted by Gasteiger charge is -2.20. The monoisotopic (exact) mass is 345 g/mol. The molecular weight excluding hydrogens is 330 g/mol.